The van der Waals surface area contributed by atoms with Gasteiger partial charge in [-0.2, -0.15) is 0 Å². The number of aromatic amines is 1. The van der Waals surface area contributed by atoms with E-state index in [1.54, 1.807) is 29.1 Å². The molecular formula is C16H14N6O. The number of carbonyl (C=O) groups excluding carboxylic acids is 1. The maximum atomic E-state index is 12.4. The van der Waals surface area contributed by atoms with Crippen molar-refractivity contribution >= 4 is 22.7 Å². The molecule has 0 spiro atoms. The molecule has 2 N–H and O–H groups in total. The van der Waals surface area contributed by atoms with E-state index in [0.717, 1.165) is 11.0 Å². The zero-order valence-electron chi connectivity index (χ0n) is 12.4. The Morgan fingerprint density at radius 3 is 2.96 bits per heavy atom. The first-order valence-corrected chi connectivity index (χ1v) is 7.26. The highest BCUT2D eigenvalue weighted by Crippen LogP contribution is 2.16. The van der Waals surface area contributed by atoms with Gasteiger partial charge in [0.25, 0.3) is 5.91 Å². The lowest BCUT2D eigenvalue weighted by Gasteiger charge is -2.09. The SMILES string of the molecule is C[C@@H](NC(=O)c1cn2cccnc2n1)c1nc2ccccc2[nH]1. The third-order valence-electron chi connectivity index (χ3n) is 3.63. The number of hydrogen-bond acceptors (Lipinski definition) is 4. The lowest BCUT2D eigenvalue weighted by molar-refractivity contribution is 0.0934. The van der Waals surface area contributed by atoms with Crippen LogP contribution in [0.25, 0.3) is 16.8 Å². The average molecular weight is 306 g/mol. The summed E-state index contributed by atoms with van der Waals surface area (Å²) in [6.45, 7) is 1.88. The van der Waals surface area contributed by atoms with E-state index in [1.165, 1.54) is 0 Å². The van der Waals surface area contributed by atoms with Gasteiger partial charge < -0.3 is 10.3 Å². The van der Waals surface area contributed by atoms with Crippen LogP contribution in [0.2, 0.25) is 0 Å². The number of nitrogens with one attached hydrogen (secondary N) is 2. The smallest absolute Gasteiger partial charge is 0.272 e. The number of hydrogen-bond donors (Lipinski definition) is 2. The number of carbonyl (C=O) groups is 1. The fourth-order valence-corrected chi connectivity index (χ4v) is 2.46. The molecule has 1 atom stereocenters. The second kappa shape index (κ2) is 5.20. The summed E-state index contributed by atoms with van der Waals surface area (Å²) >= 11 is 0. The van der Waals surface area contributed by atoms with Gasteiger partial charge in [0, 0.05) is 18.6 Å². The van der Waals surface area contributed by atoms with Crippen molar-refractivity contribution in [3.63, 3.8) is 0 Å². The second-order valence-corrected chi connectivity index (χ2v) is 5.29. The van der Waals surface area contributed by atoms with Gasteiger partial charge >= 0.3 is 0 Å². The van der Waals surface area contributed by atoms with Crippen LogP contribution in [0, 0.1) is 0 Å². The average Bonchev–Trinajstić information content (AvgIpc) is 3.18. The summed E-state index contributed by atoms with van der Waals surface area (Å²) in [6, 6.07) is 9.28. The van der Waals surface area contributed by atoms with E-state index in [1.807, 2.05) is 31.2 Å². The van der Waals surface area contributed by atoms with Crippen LogP contribution in [0.15, 0.2) is 48.9 Å². The van der Waals surface area contributed by atoms with Crippen LogP contribution in [0.4, 0.5) is 0 Å². The van der Waals surface area contributed by atoms with Crippen molar-refractivity contribution in [3.05, 3.63) is 60.4 Å². The summed E-state index contributed by atoms with van der Waals surface area (Å²) < 4.78 is 1.71. The van der Waals surface area contributed by atoms with Crippen LogP contribution in [0.3, 0.4) is 0 Å². The number of amides is 1. The Balaban J connectivity index is 1.57. The molecule has 0 aliphatic heterocycles. The Labute approximate surface area is 131 Å². The molecule has 0 aliphatic carbocycles. The Morgan fingerprint density at radius 2 is 2.13 bits per heavy atom. The van der Waals surface area contributed by atoms with Gasteiger partial charge in [0.05, 0.1) is 17.1 Å². The number of fused-ring (bicyclic) bond motifs is 2. The van der Waals surface area contributed by atoms with Gasteiger partial charge in [-0.05, 0) is 25.1 Å². The number of benzene rings is 1. The number of nitrogens with zero attached hydrogens (tertiary/aromatic N) is 4. The summed E-state index contributed by atoms with van der Waals surface area (Å²) in [5.41, 5.74) is 2.15. The highest BCUT2D eigenvalue weighted by molar-refractivity contribution is 5.93. The molecule has 4 aromatic rings. The van der Waals surface area contributed by atoms with Crippen LogP contribution in [0.1, 0.15) is 29.3 Å². The van der Waals surface area contributed by atoms with Gasteiger partial charge in [-0.3, -0.25) is 9.20 Å². The molecule has 4 rings (SSSR count). The van der Waals surface area contributed by atoms with Gasteiger partial charge in [-0.1, -0.05) is 12.1 Å². The van der Waals surface area contributed by atoms with Crippen molar-refractivity contribution in [1.29, 1.82) is 0 Å². The Hall–Kier alpha value is -3.22. The number of para-hydroxylation sites is 2. The predicted octanol–water partition coefficient (Wildman–Crippen LogP) is 2.10. The van der Waals surface area contributed by atoms with Crippen LogP contribution < -0.4 is 5.32 Å². The molecule has 0 saturated carbocycles. The maximum absolute atomic E-state index is 12.4. The fraction of sp³-hybridized carbons (Fsp3) is 0.125. The van der Waals surface area contributed by atoms with E-state index in [9.17, 15) is 4.79 Å². The standard InChI is InChI=1S/C16H14N6O/c1-10(14-19-11-5-2-3-6-12(11)20-14)18-15(23)13-9-22-8-4-7-17-16(22)21-13/h2-10H,1H3,(H,18,23)(H,19,20)/t10-/m1/s1. The van der Waals surface area contributed by atoms with Crippen molar-refractivity contribution in [3.8, 4) is 0 Å². The van der Waals surface area contributed by atoms with Crippen LogP contribution in [-0.4, -0.2) is 30.2 Å². The molecule has 7 heteroatoms. The maximum Gasteiger partial charge on any atom is 0.272 e. The first-order valence-electron chi connectivity index (χ1n) is 7.26. The Bertz CT molecular complexity index is 936. The minimum atomic E-state index is -0.261. The molecule has 3 heterocycles. The molecule has 0 radical (unpaired) electrons. The Morgan fingerprint density at radius 1 is 1.26 bits per heavy atom. The summed E-state index contributed by atoms with van der Waals surface area (Å²) in [4.78, 5) is 28.4. The molecule has 0 aliphatic rings. The first kappa shape index (κ1) is 13.4. The molecule has 0 bridgehead atoms. The van der Waals surface area contributed by atoms with Crippen molar-refractivity contribution in [1.82, 2.24) is 29.7 Å². The minimum absolute atomic E-state index is 0.257. The number of rotatable bonds is 3. The van der Waals surface area contributed by atoms with E-state index in [4.69, 9.17) is 0 Å². The van der Waals surface area contributed by atoms with Crippen molar-refractivity contribution in [2.45, 2.75) is 13.0 Å². The topological polar surface area (TPSA) is 88.0 Å². The van der Waals surface area contributed by atoms with Gasteiger partial charge in [0.1, 0.15) is 11.5 Å². The van der Waals surface area contributed by atoms with Crippen molar-refractivity contribution in [2.75, 3.05) is 0 Å². The zero-order chi connectivity index (χ0) is 15.8. The second-order valence-electron chi connectivity index (χ2n) is 5.29. The molecule has 23 heavy (non-hydrogen) atoms. The zero-order valence-corrected chi connectivity index (χ0v) is 12.4. The van der Waals surface area contributed by atoms with Gasteiger partial charge in [-0.15, -0.1) is 0 Å². The van der Waals surface area contributed by atoms with E-state index in [-0.39, 0.29) is 11.9 Å². The number of imidazole rings is 2. The molecule has 1 amide bonds. The Kier molecular flexibility index (Phi) is 3.04. The quantitative estimate of drug-likeness (QED) is 0.606. The lowest BCUT2D eigenvalue weighted by atomic mass is 10.3. The monoisotopic (exact) mass is 306 g/mol. The summed E-state index contributed by atoms with van der Waals surface area (Å²) in [6.07, 6.45) is 5.10. The van der Waals surface area contributed by atoms with E-state index in [2.05, 4.69) is 25.3 Å². The molecule has 0 saturated heterocycles. The predicted molar refractivity (Wildman–Crippen MR) is 85.0 cm³/mol. The molecule has 3 aromatic heterocycles. The summed E-state index contributed by atoms with van der Waals surface area (Å²) in [5.74, 6) is 0.943. The highest BCUT2D eigenvalue weighted by atomic mass is 16.2. The third kappa shape index (κ3) is 2.42. The van der Waals surface area contributed by atoms with Gasteiger partial charge in [-0.25, -0.2) is 15.0 Å². The molecule has 114 valence electrons. The van der Waals surface area contributed by atoms with E-state index in [0.29, 0.717) is 17.3 Å². The fourth-order valence-electron chi connectivity index (χ4n) is 2.46. The third-order valence-corrected chi connectivity index (χ3v) is 3.63. The molecule has 0 unspecified atom stereocenters. The van der Waals surface area contributed by atoms with Crippen LogP contribution in [0.5, 0.6) is 0 Å². The first-order chi connectivity index (χ1) is 11.2. The van der Waals surface area contributed by atoms with Gasteiger partial charge in [0.15, 0.2) is 0 Å². The van der Waals surface area contributed by atoms with Crippen LogP contribution in [-0.2, 0) is 0 Å². The molecule has 0 fully saturated rings. The summed E-state index contributed by atoms with van der Waals surface area (Å²) in [5, 5.41) is 2.90. The number of H-pyrrole nitrogens is 1. The summed E-state index contributed by atoms with van der Waals surface area (Å²) in [7, 11) is 0. The number of aromatic nitrogens is 5. The minimum Gasteiger partial charge on any atom is -0.341 e. The van der Waals surface area contributed by atoms with Crippen molar-refractivity contribution in [2.24, 2.45) is 0 Å². The normalized spacial score (nSPS) is 12.6. The van der Waals surface area contributed by atoms with E-state index < -0.39 is 0 Å². The molecule has 7 nitrogen and oxygen atoms in total. The lowest BCUT2D eigenvalue weighted by Crippen LogP contribution is -2.27. The molecule has 1 aromatic carbocycles. The molecular weight excluding hydrogens is 292 g/mol. The van der Waals surface area contributed by atoms with Crippen molar-refractivity contribution < 1.29 is 4.79 Å². The highest BCUT2D eigenvalue weighted by Gasteiger charge is 2.17. The van der Waals surface area contributed by atoms with Crippen LogP contribution >= 0.6 is 0 Å². The van der Waals surface area contributed by atoms with E-state index >= 15 is 0 Å². The van der Waals surface area contributed by atoms with Gasteiger partial charge in [0.2, 0.25) is 5.78 Å². The largest absolute Gasteiger partial charge is 0.341 e.